The molecule has 0 aliphatic rings. The van der Waals surface area contributed by atoms with E-state index in [0.717, 1.165) is 29.9 Å². The number of benzene rings is 2. The van der Waals surface area contributed by atoms with E-state index in [4.69, 9.17) is 9.57 Å². The number of hydrogen-bond acceptors (Lipinski definition) is 4. The molecule has 0 amide bonds. The molecule has 0 aliphatic carbocycles. The zero-order valence-corrected chi connectivity index (χ0v) is 16.1. The molecule has 0 fully saturated rings. The monoisotopic (exact) mass is 367 g/mol. The van der Waals surface area contributed by atoms with Crippen LogP contribution in [0.1, 0.15) is 56.6 Å². The molecule has 144 valence electrons. The second-order valence-electron chi connectivity index (χ2n) is 6.49. The highest BCUT2D eigenvalue weighted by Crippen LogP contribution is 2.14. The summed E-state index contributed by atoms with van der Waals surface area (Å²) in [7, 11) is 0. The van der Waals surface area contributed by atoms with E-state index >= 15 is 0 Å². The molecule has 0 unspecified atom stereocenters. The maximum Gasteiger partial charge on any atom is 0.172 e. The molecular formula is C23H29NO3. The van der Waals surface area contributed by atoms with Crippen molar-refractivity contribution in [3.8, 4) is 5.75 Å². The topological polar surface area (TPSA) is 47.9 Å². The van der Waals surface area contributed by atoms with Crippen molar-refractivity contribution in [2.45, 2.75) is 52.1 Å². The van der Waals surface area contributed by atoms with Gasteiger partial charge in [0.1, 0.15) is 18.1 Å². The summed E-state index contributed by atoms with van der Waals surface area (Å²) in [6.45, 7) is 3.29. The summed E-state index contributed by atoms with van der Waals surface area (Å²) < 4.78 is 5.77. The van der Waals surface area contributed by atoms with Crippen molar-refractivity contribution in [2.24, 2.45) is 5.16 Å². The third-order valence-electron chi connectivity index (χ3n) is 4.27. The second-order valence-corrected chi connectivity index (χ2v) is 6.49. The fourth-order valence-corrected chi connectivity index (χ4v) is 2.68. The predicted molar refractivity (Wildman–Crippen MR) is 109 cm³/mol. The van der Waals surface area contributed by atoms with E-state index in [0.29, 0.717) is 12.9 Å². The molecule has 0 N–H and O–H groups in total. The summed E-state index contributed by atoms with van der Waals surface area (Å²) in [4.78, 5) is 16.5. The summed E-state index contributed by atoms with van der Waals surface area (Å²) in [5.74, 6) is 0.869. The SMILES string of the molecule is CCCCCCCCOc1ccc(CO/N=C(\C=O)c2ccccc2)cc1. The summed E-state index contributed by atoms with van der Waals surface area (Å²) >= 11 is 0. The van der Waals surface area contributed by atoms with Gasteiger partial charge in [-0.05, 0) is 24.1 Å². The van der Waals surface area contributed by atoms with Crippen LogP contribution in [0.2, 0.25) is 0 Å². The van der Waals surface area contributed by atoms with E-state index in [9.17, 15) is 4.79 Å². The minimum atomic E-state index is 0.287. The number of oxime groups is 1. The summed E-state index contributed by atoms with van der Waals surface area (Å²) in [5, 5.41) is 3.94. The predicted octanol–water partition coefficient (Wildman–Crippen LogP) is 5.55. The molecule has 0 saturated carbocycles. The molecule has 0 spiro atoms. The van der Waals surface area contributed by atoms with Crippen LogP contribution in [0.15, 0.2) is 59.8 Å². The highest BCUT2D eigenvalue weighted by Gasteiger charge is 2.02. The molecule has 4 heteroatoms. The van der Waals surface area contributed by atoms with Gasteiger partial charge < -0.3 is 9.57 Å². The minimum Gasteiger partial charge on any atom is -0.494 e. The van der Waals surface area contributed by atoms with Crippen molar-refractivity contribution >= 4 is 12.0 Å². The van der Waals surface area contributed by atoms with E-state index < -0.39 is 0 Å². The molecule has 2 rings (SSSR count). The number of carbonyl (C=O) groups is 1. The highest BCUT2D eigenvalue weighted by atomic mass is 16.6. The fourth-order valence-electron chi connectivity index (χ4n) is 2.68. The largest absolute Gasteiger partial charge is 0.494 e. The lowest BCUT2D eigenvalue weighted by Gasteiger charge is -2.07. The van der Waals surface area contributed by atoms with Crippen LogP contribution in [-0.2, 0) is 16.2 Å². The molecule has 4 nitrogen and oxygen atoms in total. The standard InChI is InChI=1S/C23H29NO3/c1-2-3-4-5-6-10-17-26-22-15-13-20(14-16-22)19-27-24-23(18-25)21-11-8-7-9-12-21/h7-9,11-16,18H,2-6,10,17,19H2,1H3/b24-23+. The average Bonchev–Trinajstić information content (AvgIpc) is 2.72. The van der Waals surface area contributed by atoms with Crippen molar-refractivity contribution < 1.29 is 14.4 Å². The number of ether oxygens (including phenoxy) is 1. The molecular weight excluding hydrogens is 338 g/mol. The van der Waals surface area contributed by atoms with Gasteiger partial charge >= 0.3 is 0 Å². The van der Waals surface area contributed by atoms with Crippen molar-refractivity contribution in [3.63, 3.8) is 0 Å². The Kier molecular flexibility index (Phi) is 9.72. The Hall–Kier alpha value is -2.62. The molecule has 2 aromatic carbocycles. The highest BCUT2D eigenvalue weighted by molar-refractivity contribution is 6.36. The maximum absolute atomic E-state index is 11.2. The molecule has 0 saturated heterocycles. The molecule has 0 aliphatic heterocycles. The van der Waals surface area contributed by atoms with Gasteiger partial charge in [-0.2, -0.15) is 0 Å². The Balaban J connectivity index is 1.70. The lowest BCUT2D eigenvalue weighted by molar-refractivity contribution is -0.102. The number of aldehydes is 1. The van der Waals surface area contributed by atoms with Gasteiger partial charge in [-0.3, -0.25) is 4.79 Å². The molecule has 0 radical (unpaired) electrons. The van der Waals surface area contributed by atoms with Gasteiger partial charge in [-0.25, -0.2) is 0 Å². The summed E-state index contributed by atoms with van der Waals surface area (Å²) in [6, 6.07) is 17.1. The van der Waals surface area contributed by atoms with E-state index in [1.807, 2.05) is 54.6 Å². The van der Waals surface area contributed by atoms with E-state index in [-0.39, 0.29) is 5.71 Å². The van der Waals surface area contributed by atoms with Gasteiger partial charge in [0.2, 0.25) is 0 Å². The van der Waals surface area contributed by atoms with Crippen LogP contribution in [0.25, 0.3) is 0 Å². The molecule has 0 heterocycles. The third-order valence-corrected chi connectivity index (χ3v) is 4.27. The van der Waals surface area contributed by atoms with Gasteiger partial charge in [-0.15, -0.1) is 0 Å². The fraction of sp³-hybridized carbons (Fsp3) is 0.391. The molecule has 0 aromatic heterocycles. The number of carbonyl (C=O) groups excluding carboxylic acids is 1. The van der Waals surface area contributed by atoms with Crippen LogP contribution in [-0.4, -0.2) is 18.6 Å². The molecule has 0 bridgehead atoms. The van der Waals surface area contributed by atoms with Crippen LogP contribution in [0.5, 0.6) is 5.75 Å². The maximum atomic E-state index is 11.2. The Morgan fingerprint density at radius 2 is 1.63 bits per heavy atom. The van der Waals surface area contributed by atoms with Gasteiger partial charge in [0.15, 0.2) is 6.29 Å². The van der Waals surface area contributed by atoms with Crippen molar-refractivity contribution in [2.75, 3.05) is 6.61 Å². The average molecular weight is 367 g/mol. The van der Waals surface area contributed by atoms with Crippen molar-refractivity contribution in [3.05, 3.63) is 65.7 Å². The molecule has 0 atom stereocenters. The normalized spacial score (nSPS) is 11.2. The first-order valence-corrected chi connectivity index (χ1v) is 9.75. The lowest BCUT2D eigenvalue weighted by atomic mass is 10.1. The van der Waals surface area contributed by atoms with Crippen molar-refractivity contribution in [1.29, 1.82) is 0 Å². The van der Waals surface area contributed by atoms with Crippen LogP contribution in [0, 0.1) is 0 Å². The summed E-state index contributed by atoms with van der Waals surface area (Å²) in [6.07, 6.45) is 8.24. The number of rotatable bonds is 13. The quantitative estimate of drug-likeness (QED) is 0.202. The first-order valence-electron chi connectivity index (χ1n) is 9.75. The second kappa shape index (κ2) is 12.7. The Morgan fingerprint density at radius 1 is 0.926 bits per heavy atom. The molecule has 27 heavy (non-hydrogen) atoms. The Morgan fingerprint density at radius 3 is 2.33 bits per heavy atom. The molecule has 2 aromatic rings. The smallest absolute Gasteiger partial charge is 0.172 e. The van der Waals surface area contributed by atoms with E-state index in [2.05, 4.69) is 12.1 Å². The van der Waals surface area contributed by atoms with Crippen LogP contribution >= 0.6 is 0 Å². The zero-order valence-electron chi connectivity index (χ0n) is 16.1. The van der Waals surface area contributed by atoms with Gasteiger partial charge in [-0.1, -0.05) is 86.6 Å². The first-order chi connectivity index (χ1) is 13.3. The number of unbranched alkanes of at least 4 members (excludes halogenated alkanes) is 5. The number of hydrogen-bond donors (Lipinski definition) is 0. The minimum absolute atomic E-state index is 0.287. The first kappa shape index (κ1) is 20.7. The van der Waals surface area contributed by atoms with Gasteiger partial charge in [0, 0.05) is 5.56 Å². The third kappa shape index (κ3) is 8.07. The van der Waals surface area contributed by atoms with E-state index in [1.165, 1.54) is 32.1 Å². The summed E-state index contributed by atoms with van der Waals surface area (Å²) in [5.41, 5.74) is 2.00. The van der Waals surface area contributed by atoms with Crippen molar-refractivity contribution in [1.82, 2.24) is 0 Å². The van der Waals surface area contributed by atoms with Crippen LogP contribution in [0.4, 0.5) is 0 Å². The van der Waals surface area contributed by atoms with Gasteiger partial charge in [0.05, 0.1) is 6.61 Å². The van der Waals surface area contributed by atoms with Gasteiger partial charge in [0.25, 0.3) is 0 Å². The van der Waals surface area contributed by atoms with Crippen LogP contribution in [0.3, 0.4) is 0 Å². The Labute approximate surface area is 162 Å². The van der Waals surface area contributed by atoms with Crippen LogP contribution < -0.4 is 4.74 Å². The number of nitrogens with zero attached hydrogens (tertiary/aromatic N) is 1. The zero-order chi connectivity index (χ0) is 19.2. The van der Waals surface area contributed by atoms with E-state index in [1.54, 1.807) is 0 Å². The lowest BCUT2D eigenvalue weighted by Crippen LogP contribution is -2.03. The Bertz CT molecular complexity index is 681.